The van der Waals surface area contributed by atoms with Crippen LogP contribution in [0.3, 0.4) is 0 Å². The number of rotatable bonds is 4. The maximum atomic E-state index is 12.3. The summed E-state index contributed by atoms with van der Waals surface area (Å²) in [4.78, 5) is 22.8. The predicted molar refractivity (Wildman–Crippen MR) is 83.7 cm³/mol. The summed E-state index contributed by atoms with van der Waals surface area (Å²) in [6.45, 7) is 1.73. The lowest BCUT2D eigenvalue weighted by atomic mass is 10.2. The van der Waals surface area contributed by atoms with Gasteiger partial charge in [-0.2, -0.15) is 10.2 Å². The molecular weight excluding hydrogens is 324 g/mol. The van der Waals surface area contributed by atoms with Gasteiger partial charge in [0.1, 0.15) is 5.69 Å². The van der Waals surface area contributed by atoms with Crippen molar-refractivity contribution in [3.05, 3.63) is 44.7 Å². The summed E-state index contributed by atoms with van der Waals surface area (Å²) in [6.07, 6.45) is 0.359. The summed E-state index contributed by atoms with van der Waals surface area (Å²) >= 11 is 6.02. The number of aromatic nitrogens is 4. The number of halogens is 1. The lowest BCUT2D eigenvalue weighted by molar-refractivity contribution is -0.385. The van der Waals surface area contributed by atoms with Crippen molar-refractivity contribution < 1.29 is 9.72 Å². The van der Waals surface area contributed by atoms with E-state index in [9.17, 15) is 14.9 Å². The summed E-state index contributed by atoms with van der Waals surface area (Å²) in [5, 5.41) is 27.7. The predicted octanol–water partition coefficient (Wildman–Crippen LogP) is 2.66. The Morgan fingerprint density at radius 3 is 2.87 bits per heavy atom. The molecular formula is C13H11ClN6O3. The number of nitro groups is 1. The van der Waals surface area contributed by atoms with Crippen LogP contribution in [0.2, 0.25) is 5.02 Å². The number of carbonyl (C=O) groups excluding carboxylic acids is 1. The molecule has 118 valence electrons. The lowest BCUT2D eigenvalue weighted by Gasteiger charge is -2.00. The number of carbonyl (C=O) groups is 1. The zero-order chi connectivity index (χ0) is 16.6. The SMILES string of the molecule is CCc1[nH]nc(C(=O)Nc2n[nH]c3c(Cl)cccc23)c1[N+](=O)[O-]. The Morgan fingerprint density at radius 2 is 2.17 bits per heavy atom. The molecule has 0 saturated heterocycles. The molecule has 10 heteroatoms. The van der Waals surface area contributed by atoms with Crippen LogP contribution in [0, 0.1) is 10.1 Å². The molecule has 3 N–H and O–H groups in total. The Labute approximate surface area is 134 Å². The van der Waals surface area contributed by atoms with Gasteiger partial charge in [-0.3, -0.25) is 25.1 Å². The number of nitrogens with zero attached hydrogens (tertiary/aromatic N) is 3. The van der Waals surface area contributed by atoms with Crippen molar-refractivity contribution in [2.45, 2.75) is 13.3 Å². The van der Waals surface area contributed by atoms with Gasteiger partial charge in [0, 0.05) is 5.39 Å². The standard InChI is InChI=1S/C13H11ClN6O3/c1-2-8-11(20(22)23)10(18-16-8)13(21)15-12-6-4-3-5-7(14)9(6)17-19-12/h3-5H,2H2,1H3,(H,16,18)(H2,15,17,19,21). The lowest BCUT2D eigenvalue weighted by Crippen LogP contribution is -2.14. The minimum atomic E-state index is -0.721. The van der Waals surface area contributed by atoms with Gasteiger partial charge in [-0.15, -0.1) is 0 Å². The topological polar surface area (TPSA) is 130 Å². The molecule has 0 aliphatic heterocycles. The first kappa shape index (κ1) is 15.0. The fourth-order valence-corrected chi connectivity index (χ4v) is 2.46. The van der Waals surface area contributed by atoms with E-state index >= 15 is 0 Å². The number of aryl methyl sites for hydroxylation is 1. The number of fused-ring (bicyclic) bond motifs is 1. The molecule has 23 heavy (non-hydrogen) atoms. The Bertz CT molecular complexity index is 916. The minimum absolute atomic E-state index is 0.225. The first-order valence-corrected chi connectivity index (χ1v) is 7.06. The third kappa shape index (κ3) is 2.50. The molecule has 0 spiro atoms. The Kier molecular flexibility index (Phi) is 3.70. The molecule has 2 heterocycles. The van der Waals surface area contributed by atoms with Crippen LogP contribution in [0.4, 0.5) is 11.5 Å². The van der Waals surface area contributed by atoms with Gasteiger partial charge in [-0.25, -0.2) is 0 Å². The summed E-state index contributed by atoms with van der Waals surface area (Å²) in [7, 11) is 0. The van der Waals surface area contributed by atoms with Crippen LogP contribution in [-0.2, 0) is 6.42 Å². The average Bonchev–Trinajstić information content (AvgIpc) is 3.12. The zero-order valence-electron chi connectivity index (χ0n) is 11.9. The van der Waals surface area contributed by atoms with Crippen LogP contribution >= 0.6 is 11.6 Å². The second-order valence-corrected chi connectivity index (χ2v) is 5.11. The number of para-hydroxylation sites is 1. The van der Waals surface area contributed by atoms with E-state index in [0.717, 1.165) is 0 Å². The molecule has 0 atom stereocenters. The molecule has 9 nitrogen and oxygen atoms in total. The summed E-state index contributed by atoms with van der Waals surface area (Å²) < 4.78 is 0. The van der Waals surface area contributed by atoms with E-state index in [4.69, 9.17) is 11.6 Å². The van der Waals surface area contributed by atoms with Crippen molar-refractivity contribution >= 4 is 39.9 Å². The fraction of sp³-hybridized carbons (Fsp3) is 0.154. The van der Waals surface area contributed by atoms with Crippen LogP contribution in [0.5, 0.6) is 0 Å². The number of anilines is 1. The third-order valence-electron chi connectivity index (χ3n) is 3.34. The van der Waals surface area contributed by atoms with E-state index in [1.807, 2.05) is 0 Å². The van der Waals surface area contributed by atoms with Gasteiger partial charge in [-0.05, 0) is 18.6 Å². The van der Waals surface area contributed by atoms with Crippen LogP contribution in [-0.4, -0.2) is 31.2 Å². The van der Waals surface area contributed by atoms with E-state index < -0.39 is 10.8 Å². The fourth-order valence-electron chi connectivity index (χ4n) is 2.24. The Hall–Kier alpha value is -2.94. The molecule has 3 rings (SSSR count). The molecule has 0 saturated carbocycles. The van der Waals surface area contributed by atoms with E-state index in [-0.39, 0.29) is 22.9 Å². The number of nitrogens with one attached hydrogen (secondary N) is 3. The van der Waals surface area contributed by atoms with E-state index in [1.165, 1.54) is 0 Å². The van der Waals surface area contributed by atoms with Crippen molar-refractivity contribution in [3.63, 3.8) is 0 Å². The molecule has 0 unspecified atom stereocenters. The maximum Gasteiger partial charge on any atom is 0.322 e. The van der Waals surface area contributed by atoms with Crippen LogP contribution in [0.25, 0.3) is 10.9 Å². The molecule has 3 aromatic rings. The number of amides is 1. The van der Waals surface area contributed by atoms with Gasteiger partial charge >= 0.3 is 5.69 Å². The van der Waals surface area contributed by atoms with Gasteiger partial charge < -0.3 is 5.32 Å². The second-order valence-electron chi connectivity index (χ2n) is 4.70. The summed E-state index contributed by atoms with van der Waals surface area (Å²) in [6, 6.07) is 5.11. The van der Waals surface area contributed by atoms with E-state index in [1.54, 1.807) is 25.1 Å². The smallest absolute Gasteiger partial charge is 0.303 e. The number of aromatic amines is 2. The molecule has 0 fully saturated rings. The third-order valence-corrected chi connectivity index (χ3v) is 3.66. The van der Waals surface area contributed by atoms with Crippen molar-refractivity contribution in [2.24, 2.45) is 0 Å². The van der Waals surface area contributed by atoms with Crippen LogP contribution < -0.4 is 5.32 Å². The molecule has 0 aliphatic rings. The minimum Gasteiger partial charge on any atom is -0.303 e. The Morgan fingerprint density at radius 1 is 1.39 bits per heavy atom. The monoisotopic (exact) mass is 334 g/mol. The second kappa shape index (κ2) is 5.69. The largest absolute Gasteiger partial charge is 0.322 e. The molecule has 0 aliphatic carbocycles. The highest BCUT2D eigenvalue weighted by Crippen LogP contribution is 2.28. The van der Waals surface area contributed by atoms with Crippen LogP contribution in [0.1, 0.15) is 23.1 Å². The number of benzene rings is 1. The van der Waals surface area contributed by atoms with E-state index in [0.29, 0.717) is 22.3 Å². The normalized spacial score (nSPS) is 10.9. The highest BCUT2D eigenvalue weighted by Gasteiger charge is 2.29. The molecule has 1 amide bonds. The van der Waals surface area contributed by atoms with Gasteiger partial charge in [0.15, 0.2) is 5.82 Å². The van der Waals surface area contributed by atoms with Gasteiger partial charge in [0.05, 0.1) is 15.5 Å². The zero-order valence-corrected chi connectivity index (χ0v) is 12.6. The average molecular weight is 335 g/mol. The molecule has 0 radical (unpaired) electrons. The van der Waals surface area contributed by atoms with Gasteiger partial charge in [0.25, 0.3) is 5.91 Å². The maximum absolute atomic E-state index is 12.3. The molecule has 0 bridgehead atoms. The highest BCUT2D eigenvalue weighted by atomic mass is 35.5. The van der Waals surface area contributed by atoms with Crippen molar-refractivity contribution in [1.29, 1.82) is 0 Å². The summed E-state index contributed by atoms with van der Waals surface area (Å²) in [5.41, 5.74) is 0.234. The first-order valence-electron chi connectivity index (χ1n) is 6.68. The summed E-state index contributed by atoms with van der Waals surface area (Å²) in [5.74, 6) is -0.496. The van der Waals surface area contributed by atoms with Crippen molar-refractivity contribution in [3.8, 4) is 0 Å². The number of hydrogen-bond acceptors (Lipinski definition) is 5. The van der Waals surface area contributed by atoms with E-state index in [2.05, 4.69) is 25.7 Å². The van der Waals surface area contributed by atoms with Gasteiger partial charge in [0.2, 0.25) is 5.69 Å². The number of H-pyrrole nitrogens is 2. The first-order chi connectivity index (χ1) is 11.0. The van der Waals surface area contributed by atoms with Gasteiger partial charge in [-0.1, -0.05) is 24.6 Å². The van der Waals surface area contributed by atoms with Crippen molar-refractivity contribution in [1.82, 2.24) is 20.4 Å². The number of hydrogen-bond donors (Lipinski definition) is 3. The quantitative estimate of drug-likeness (QED) is 0.499. The molecule has 2 aromatic heterocycles. The van der Waals surface area contributed by atoms with Crippen molar-refractivity contribution in [2.75, 3.05) is 5.32 Å². The highest BCUT2D eigenvalue weighted by molar-refractivity contribution is 6.35. The van der Waals surface area contributed by atoms with Crippen LogP contribution in [0.15, 0.2) is 18.2 Å². The Balaban J connectivity index is 1.97. The molecule has 1 aromatic carbocycles.